The molecule has 0 fully saturated rings. The van der Waals surface area contributed by atoms with Crippen molar-refractivity contribution in [2.24, 2.45) is 12.1 Å². The van der Waals surface area contributed by atoms with E-state index in [4.69, 9.17) is 5.11 Å². The number of nitrogens with zero attached hydrogens (tertiary/aromatic N) is 4. The Morgan fingerprint density at radius 1 is 1.45 bits per heavy atom. The van der Waals surface area contributed by atoms with E-state index >= 15 is 0 Å². The summed E-state index contributed by atoms with van der Waals surface area (Å²) in [6.07, 6.45) is 1.12. The number of carbonyl (C=O) groups excluding carboxylic acids is 1. The van der Waals surface area contributed by atoms with Crippen LogP contribution in [0.25, 0.3) is 0 Å². The summed E-state index contributed by atoms with van der Waals surface area (Å²) in [6, 6.07) is 0. The molecule has 8 heteroatoms. The Labute approximate surface area is 124 Å². The second-order valence-electron chi connectivity index (χ2n) is 4.49. The summed E-state index contributed by atoms with van der Waals surface area (Å²) in [5.41, 5.74) is 1.71. The first-order chi connectivity index (χ1) is 9.43. The number of hydrogen-bond donors (Lipinski definition) is 1. The lowest BCUT2D eigenvalue weighted by atomic mass is 10.1. The van der Waals surface area contributed by atoms with Crippen molar-refractivity contribution in [2.45, 2.75) is 32.7 Å². The van der Waals surface area contributed by atoms with Crippen LogP contribution in [0, 0.1) is 0 Å². The molecule has 0 aliphatic carbocycles. The van der Waals surface area contributed by atoms with E-state index in [-0.39, 0.29) is 31.0 Å². The first-order valence-corrected chi connectivity index (χ1v) is 7.04. The van der Waals surface area contributed by atoms with Gasteiger partial charge in [0.1, 0.15) is 5.71 Å². The minimum atomic E-state index is -1.08. The standard InChI is InChI=1S/C12H15BrN4O3/c1-3-7-11(13)9(16(2)14-7)6-17-10(18)5-4-8(15-17)12(19)20/h3-6H2,1-2H3,(H,19,20). The Kier molecular flexibility index (Phi) is 4.22. The summed E-state index contributed by atoms with van der Waals surface area (Å²) in [6.45, 7) is 2.20. The Bertz CT molecular complexity index is 594. The fourth-order valence-electron chi connectivity index (χ4n) is 2.01. The third-order valence-electron chi connectivity index (χ3n) is 3.15. The molecule has 0 atom stereocenters. The fourth-order valence-corrected chi connectivity index (χ4v) is 2.75. The number of aryl methyl sites for hydroxylation is 2. The molecule has 0 spiro atoms. The molecule has 1 aromatic rings. The highest BCUT2D eigenvalue weighted by molar-refractivity contribution is 9.10. The molecular weight excluding hydrogens is 328 g/mol. The molecular formula is C12H15BrN4O3. The predicted octanol–water partition coefficient (Wildman–Crippen LogP) is 1.31. The van der Waals surface area contributed by atoms with Gasteiger partial charge in [-0.15, -0.1) is 0 Å². The summed E-state index contributed by atoms with van der Waals surface area (Å²) >= 11 is 3.47. The average molecular weight is 343 g/mol. The van der Waals surface area contributed by atoms with Gasteiger partial charge in [0.05, 0.1) is 22.4 Å². The molecule has 0 saturated carbocycles. The van der Waals surface area contributed by atoms with Crippen LogP contribution in [0.3, 0.4) is 0 Å². The van der Waals surface area contributed by atoms with E-state index in [0.717, 1.165) is 22.3 Å². The van der Waals surface area contributed by atoms with Crippen molar-refractivity contribution in [2.75, 3.05) is 0 Å². The van der Waals surface area contributed by atoms with Gasteiger partial charge < -0.3 is 5.11 Å². The number of carboxylic acid groups (broad SMARTS) is 1. The van der Waals surface area contributed by atoms with Crippen LogP contribution in [0.5, 0.6) is 0 Å². The molecule has 1 aromatic heterocycles. The second-order valence-corrected chi connectivity index (χ2v) is 5.28. The van der Waals surface area contributed by atoms with Gasteiger partial charge in [-0.3, -0.25) is 9.48 Å². The lowest BCUT2D eigenvalue weighted by molar-refractivity contribution is -0.133. The van der Waals surface area contributed by atoms with Gasteiger partial charge in [-0.05, 0) is 22.4 Å². The van der Waals surface area contributed by atoms with Crippen LogP contribution in [0.1, 0.15) is 31.2 Å². The first kappa shape index (κ1) is 14.7. The van der Waals surface area contributed by atoms with Crippen LogP contribution in [-0.4, -0.2) is 37.5 Å². The molecule has 0 saturated heterocycles. The first-order valence-electron chi connectivity index (χ1n) is 6.25. The zero-order chi connectivity index (χ0) is 14.9. The monoisotopic (exact) mass is 342 g/mol. The van der Waals surface area contributed by atoms with E-state index in [0.29, 0.717) is 0 Å². The number of carboxylic acids is 1. The molecule has 1 aliphatic heterocycles. The molecule has 0 aromatic carbocycles. The van der Waals surface area contributed by atoms with Crippen molar-refractivity contribution in [1.82, 2.24) is 14.8 Å². The molecule has 0 unspecified atom stereocenters. The van der Waals surface area contributed by atoms with Crippen molar-refractivity contribution in [3.05, 3.63) is 15.9 Å². The van der Waals surface area contributed by atoms with Crippen LogP contribution in [0.4, 0.5) is 0 Å². The van der Waals surface area contributed by atoms with Crippen molar-refractivity contribution in [3.8, 4) is 0 Å². The van der Waals surface area contributed by atoms with Crippen LogP contribution >= 0.6 is 15.9 Å². The fraction of sp³-hybridized carbons (Fsp3) is 0.500. The number of hydrogen-bond acceptors (Lipinski definition) is 4. The van der Waals surface area contributed by atoms with Crippen LogP contribution < -0.4 is 0 Å². The largest absolute Gasteiger partial charge is 0.477 e. The van der Waals surface area contributed by atoms with Crippen LogP contribution in [0.15, 0.2) is 9.57 Å². The normalized spacial score (nSPS) is 15.4. The maximum absolute atomic E-state index is 11.8. The lowest BCUT2D eigenvalue weighted by Crippen LogP contribution is -2.34. The summed E-state index contributed by atoms with van der Waals surface area (Å²) in [4.78, 5) is 22.8. The molecule has 1 N–H and O–H groups in total. The molecule has 0 bridgehead atoms. The number of hydrazone groups is 1. The zero-order valence-corrected chi connectivity index (χ0v) is 12.8. The highest BCUT2D eigenvalue weighted by Gasteiger charge is 2.26. The van der Waals surface area contributed by atoms with Gasteiger partial charge in [-0.2, -0.15) is 10.2 Å². The highest BCUT2D eigenvalue weighted by atomic mass is 79.9. The van der Waals surface area contributed by atoms with Gasteiger partial charge in [0.15, 0.2) is 0 Å². The summed E-state index contributed by atoms with van der Waals surface area (Å²) in [7, 11) is 1.79. The number of halogens is 1. The van der Waals surface area contributed by atoms with E-state index < -0.39 is 5.97 Å². The van der Waals surface area contributed by atoms with E-state index in [1.807, 2.05) is 6.92 Å². The van der Waals surface area contributed by atoms with E-state index in [9.17, 15) is 9.59 Å². The van der Waals surface area contributed by atoms with Crippen molar-refractivity contribution in [1.29, 1.82) is 0 Å². The number of rotatable bonds is 4. The van der Waals surface area contributed by atoms with Crippen LogP contribution in [0.2, 0.25) is 0 Å². The van der Waals surface area contributed by atoms with Crippen molar-refractivity contribution in [3.63, 3.8) is 0 Å². The molecule has 1 aliphatic rings. The Balaban J connectivity index is 2.29. The Morgan fingerprint density at radius 3 is 2.70 bits per heavy atom. The molecule has 108 valence electrons. The van der Waals surface area contributed by atoms with Crippen molar-refractivity contribution >= 4 is 33.5 Å². The minimum absolute atomic E-state index is 0.0126. The van der Waals surface area contributed by atoms with E-state index in [1.54, 1.807) is 11.7 Å². The summed E-state index contributed by atoms with van der Waals surface area (Å²) in [5.74, 6) is -1.26. The minimum Gasteiger partial charge on any atom is -0.477 e. The molecule has 2 rings (SSSR count). The maximum Gasteiger partial charge on any atom is 0.352 e. The van der Waals surface area contributed by atoms with Gasteiger partial charge in [-0.1, -0.05) is 6.92 Å². The Hall–Kier alpha value is -1.70. The van der Waals surface area contributed by atoms with Gasteiger partial charge in [0, 0.05) is 19.9 Å². The summed E-state index contributed by atoms with van der Waals surface area (Å²) in [5, 5.41) is 18.4. The van der Waals surface area contributed by atoms with Gasteiger partial charge >= 0.3 is 5.97 Å². The number of carbonyl (C=O) groups is 2. The number of amides is 1. The Morgan fingerprint density at radius 2 is 2.15 bits per heavy atom. The SMILES string of the molecule is CCc1nn(C)c(CN2N=C(C(=O)O)CCC2=O)c1Br. The molecule has 0 radical (unpaired) electrons. The number of aliphatic carboxylic acids is 1. The highest BCUT2D eigenvalue weighted by Crippen LogP contribution is 2.24. The quantitative estimate of drug-likeness (QED) is 0.893. The van der Waals surface area contributed by atoms with Gasteiger partial charge in [0.25, 0.3) is 0 Å². The maximum atomic E-state index is 11.8. The number of aromatic nitrogens is 2. The molecule has 20 heavy (non-hydrogen) atoms. The lowest BCUT2D eigenvalue weighted by Gasteiger charge is -2.22. The van der Waals surface area contributed by atoms with Crippen molar-refractivity contribution < 1.29 is 14.7 Å². The summed E-state index contributed by atoms with van der Waals surface area (Å²) < 4.78 is 2.52. The topological polar surface area (TPSA) is 87.8 Å². The predicted molar refractivity (Wildman–Crippen MR) is 75.1 cm³/mol. The van der Waals surface area contributed by atoms with E-state index in [2.05, 4.69) is 26.1 Å². The van der Waals surface area contributed by atoms with Crippen LogP contribution in [-0.2, 0) is 29.6 Å². The molecule has 7 nitrogen and oxygen atoms in total. The van der Waals surface area contributed by atoms with Gasteiger partial charge in [-0.25, -0.2) is 9.80 Å². The molecule has 1 amide bonds. The third kappa shape index (κ3) is 2.74. The van der Waals surface area contributed by atoms with E-state index in [1.165, 1.54) is 5.01 Å². The zero-order valence-electron chi connectivity index (χ0n) is 11.3. The average Bonchev–Trinajstić information content (AvgIpc) is 2.68. The van der Waals surface area contributed by atoms with Gasteiger partial charge in [0.2, 0.25) is 5.91 Å². The second kappa shape index (κ2) is 5.74. The molecule has 2 heterocycles. The smallest absolute Gasteiger partial charge is 0.352 e. The third-order valence-corrected chi connectivity index (χ3v) is 4.07.